The van der Waals surface area contributed by atoms with Gasteiger partial charge in [0.1, 0.15) is 0 Å². The molecule has 0 aliphatic carbocycles. The van der Waals surface area contributed by atoms with Crippen LogP contribution in [-0.2, 0) is 0 Å². The summed E-state index contributed by atoms with van der Waals surface area (Å²) in [5, 5.41) is 3.35. The van der Waals surface area contributed by atoms with Crippen LogP contribution in [-0.4, -0.2) is 67.5 Å². The van der Waals surface area contributed by atoms with Crippen molar-refractivity contribution in [2.24, 2.45) is 0 Å². The molecule has 5 nitrogen and oxygen atoms in total. The van der Waals surface area contributed by atoms with Crippen LogP contribution in [0.4, 0.5) is 11.4 Å². The number of amides is 1. The third-order valence-electron chi connectivity index (χ3n) is 3.55. The van der Waals surface area contributed by atoms with E-state index in [1.807, 2.05) is 17.8 Å². The number of carbonyl (C=O) groups is 1. The van der Waals surface area contributed by atoms with Crippen LogP contribution in [0.1, 0.15) is 10.4 Å². The lowest BCUT2D eigenvalue weighted by molar-refractivity contribution is 0.0827. The molecule has 1 aliphatic rings. The van der Waals surface area contributed by atoms with E-state index in [0.717, 1.165) is 31.9 Å². The fourth-order valence-corrected chi connectivity index (χ4v) is 3.25. The molecule has 0 atom stereocenters. The monoisotopic (exact) mass is 308 g/mol. The van der Waals surface area contributed by atoms with Gasteiger partial charge >= 0.3 is 0 Å². The topological polar surface area (TPSA) is 61.6 Å². The maximum atomic E-state index is 12.0. The Morgan fingerprint density at radius 1 is 1.38 bits per heavy atom. The number of rotatable bonds is 5. The molecule has 0 radical (unpaired) electrons. The summed E-state index contributed by atoms with van der Waals surface area (Å²) in [5.74, 6) is 2.43. The molecule has 1 saturated heterocycles. The summed E-state index contributed by atoms with van der Waals surface area (Å²) in [5.41, 5.74) is 8.16. The molecule has 116 valence electrons. The minimum atomic E-state index is -0.00824. The molecule has 1 heterocycles. The Labute approximate surface area is 130 Å². The van der Waals surface area contributed by atoms with Crippen LogP contribution in [0.5, 0.6) is 0 Å². The number of nitrogen functional groups attached to an aromatic ring is 1. The average molecular weight is 308 g/mol. The van der Waals surface area contributed by atoms with Crippen LogP contribution in [0.3, 0.4) is 0 Å². The van der Waals surface area contributed by atoms with E-state index in [9.17, 15) is 4.79 Å². The van der Waals surface area contributed by atoms with E-state index < -0.39 is 0 Å². The summed E-state index contributed by atoms with van der Waals surface area (Å²) < 4.78 is 0. The first-order valence-electron chi connectivity index (χ1n) is 7.23. The van der Waals surface area contributed by atoms with Gasteiger partial charge in [0.05, 0.1) is 11.4 Å². The molecule has 1 aromatic carbocycles. The quantitative estimate of drug-likeness (QED) is 0.806. The Morgan fingerprint density at radius 2 is 2.10 bits per heavy atom. The first-order valence-corrected chi connectivity index (χ1v) is 8.38. The second kappa shape index (κ2) is 7.56. The van der Waals surface area contributed by atoms with Crippen molar-refractivity contribution in [3.05, 3.63) is 23.8 Å². The van der Waals surface area contributed by atoms with Crippen molar-refractivity contribution in [3.63, 3.8) is 0 Å². The number of thioether (sulfide) groups is 1. The minimum Gasteiger partial charge on any atom is -0.397 e. The Hall–Kier alpha value is -1.40. The van der Waals surface area contributed by atoms with Crippen LogP contribution in [0.25, 0.3) is 0 Å². The van der Waals surface area contributed by atoms with Gasteiger partial charge < -0.3 is 16.0 Å². The molecular formula is C15H24N4OS. The third kappa shape index (κ3) is 4.54. The van der Waals surface area contributed by atoms with E-state index in [2.05, 4.69) is 10.2 Å². The highest BCUT2D eigenvalue weighted by Crippen LogP contribution is 2.20. The van der Waals surface area contributed by atoms with Crippen molar-refractivity contribution in [1.29, 1.82) is 0 Å². The SMILES string of the molecule is CN(C)C(=O)c1ccc(N)c(NCCN2CCSCC2)c1. The van der Waals surface area contributed by atoms with Crippen LogP contribution < -0.4 is 11.1 Å². The molecule has 21 heavy (non-hydrogen) atoms. The molecule has 3 N–H and O–H groups in total. The maximum Gasteiger partial charge on any atom is 0.253 e. The average Bonchev–Trinajstić information content (AvgIpc) is 2.49. The molecule has 1 aliphatic heterocycles. The summed E-state index contributed by atoms with van der Waals surface area (Å²) in [6.07, 6.45) is 0. The summed E-state index contributed by atoms with van der Waals surface area (Å²) >= 11 is 2.01. The summed E-state index contributed by atoms with van der Waals surface area (Å²) in [7, 11) is 3.50. The second-order valence-electron chi connectivity index (χ2n) is 5.38. The molecule has 0 spiro atoms. The first kappa shape index (κ1) is 16.0. The number of nitrogens with two attached hydrogens (primary N) is 1. The van der Waals surface area contributed by atoms with Crippen molar-refractivity contribution in [2.75, 3.05) is 62.8 Å². The first-order chi connectivity index (χ1) is 10.1. The predicted octanol–water partition coefficient (Wildman–Crippen LogP) is 1.43. The fraction of sp³-hybridized carbons (Fsp3) is 0.533. The predicted molar refractivity (Wildman–Crippen MR) is 91.1 cm³/mol. The normalized spacial score (nSPS) is 15.7. The van der Waals surface area contributed by atoms with Gasteiger partial charge in [0, 0.05) is 57.3 Å². The lowest BCUT2D eigenvalue weighted by Crippen LogP contribution is -2.36. The van der Waals surface area contributed by atoms with E-state index in [1.165, 1.54) is 11.5 Å². The van der Waals surface area contributed by atoms with Gasteiger partial charge in [-0.1, -0.05) is 0 Å². The van der Waals surface area contributed by atoms with Crippen LogP contribution in [0.2, 0.25) is 0 Å². The Kier molecular flexibility index (Phi) is 5.76. The van der Waals surface area contributed by atoms with Gasteiger partial charge in [-0.15, -0.1) is 0 Å². The van der Waals surface area contributed by atoms with E-state index in [0.29, 0.717) is 11.3 Å². The number of anilines is 2. The highest BCUT2D eigenvalue weighted by molar-refractivity contribution is 7.99. The zero-order valence-electron chi connectivity index (χ0n) is 12.8. The highest BCUT2D eigenvalue weighted by atomic mass is 32.2. The van der Waals surface area contributed by atoms with Gasteiger partial charge in [0.2, 0.25) is 0 Å². The molecule has 6 heteroatoms. The van der Waals surface area contributed by atoms with Gasteiger partial charge in [0.25, 0.3) is 5.91 Å². The van der Waals surface area contributed by atoms with E-state index in [1.54, 1.807) is 31.1 Å². The molecule has 0 bridgehead atoms. The number of hydrogen-bond acceptors (Lipinski definition) is 5. The van der Waals surface area contributed by atoms with Crippen molar-refractivity contribution >= 4 is 29.0 Å². The zero-order chi connectivity index (χ0) is 15.2. The lowest BCUT2D eigenvalue weighted by atomic mass is 10.1. The zero-order valence-corrected chi connectivity index (χ0v) is 13.6. The van der Waals surface area contributed by atoms with Gasteiger partial charge in [-0.3, -0.25) is 9.69 Å². The third-order valence-corrected chi connectivity index (χ3v) is 4.50. The Morgan fingerprint density at radius 3 is 2.76 bits per heavy atom. The number of hydrogen-bond donors (Lipinski definition) is 2. The summed E-state index contributed by atoms with van der Waals surface area (Å²) in [4.78, 5) is 16.0. The molecule has 0 saturated carbocycles. The van der Waals surface area contributed by atoms with Crippen molar-refractivity contribution in [3.8, 4) is 0 Å². The molecule has 1 fully saturated rings. The molecule has 0 aromatic heterocycles. The van der Waals surface area contributed by atoms with Gasteiger partial charge in [-0.2, -0.15) is 11.8 Å². The van der Waals surface area contributed by atoms with Crippen LogP contribution >= 0.6 is 11.8 Å². The Balaban J connectivity index is 1.92. The molecule has 2 rings (SSSR count). The molecule has 1 amide bonds. The standard InChI is InChI=1S/C15H24N4OS/c1-18(2)15(20)12-3-4-13(16)14(11-12)17-5-6-19-7-9-21-10-8-19/h3-4,11,17H,5-10,16H2,1-2H3. The van der Waals surface area contributed by atoms with E-state index >= 15 is 0 Å². The number of nitrogens with zero attached hydrogens (tertiary/aromatic N) is 2. The van der Waals surface area contributed by atoms with Crippen LogP contribution in [0, 0.1) is 0 Å². The van der Waals surface area contributed by atoms with Crippen molar-refractivity contribution in [2.45, 2.75) is 0 Å². The van der Waals surface area contributed by atoms with Crippen molar-refractivity contribution < 1.29 is 4.79 Å². The summed E-state index contributed by atoms with van der Waals surface area (Å²) in [6.45, 7) is 4.16. The second-order valence-corrected chi connectivity index (χ2v) is 6.61. The van der Waals surface area contributed by atoms with Crippen molar-refractivity contribution in [1.82, 2.24) is 9.80 Å². The van der Waals surface area contributed by atoms with E-state index in [4.69, 9.17) is 5.73 Å². The molecular weight excluding hydrogens is 284 g/mol. The van der Waals surface area contributed by atoms with Crippen LogP contribution in [0.15, 0.2) is 18.2 Å². The summed E-state index contributed by atoms with van der Waals surface area (Å²) in [6, 6.07) is 5.39. The molecule has 1 aromatic rings. The Bertz CT molecular complexity index is 487. The lowest BCUT2D eigenvalue weighted by Gasteiger charge is -2.26. The largest absolute Gasteiger partial charge is 0.397 e. The smallest absolute Gasteiger partial charge is 0.253 e. The van der Waals surface area contributed by atoms with Gasteiger partial charge in [-0.25, -0.2) is 0 Å². The fourth-order valence-electron chi connectivity index (χ4n) is 2.27. The van der Waals surface area contributed by atoms with E-state index in [-0.39, 0.29) is 5.91 Å². The molecule has 0 unspecified atom stereocenters. The van der Waals surface area contributed by atoms with Gasteiger partial charge in [-0.05, 0) is 18.2 Å². The minimum absolute atomic E-state index is 0.00824. The highest BCUT2D eigenvalue weighted by Gasteiger charge is 2.12. The van der Waals surface area contributed by atoms with Gasteiger partial charge in [0.15, 0.2) is 0 Å². The maximum absolute atomic E-state index is 12.0. The number of carbonyl (C=O) groups excluding carboxylic acids is 1. The number of benzene rings is 1. The number of nitrogens with one attached hydrogen (secondary N) is 1.